The molecule has 2 aromatic carbocycles. The van der Waals surface area contributed by atoms with Gasteiger partial charge in [0.2, 0.25) is 0 Å². The third-order valence-corrected chi connectivity index (χ3v) is 7.58. The number of piperazine rings is 1. The lowest BCUT2D eigenvalue weighted by atomic mass is 9.92. The molecule has 3 unspecified atom stereocenters. The number of rotatable bonds is 2. The van der Waals surface area contributed by atoms with Gasteiger partial charge in [0.25, 0.3) is 12.2 Å². The van der Waals surface area contributed by atoms with Gasteiger partial charge >= 0.3 is 0 Å². The summed E-state index contributed by atoms with van der Waals surface area (Å²) in [6, 6.07) is 14.9. The van der Waals surface area contributed by atoms with Crippen LogP contribution < -0.4 is 19.6 Å². The molecule has 2 heterocycles. The fraction of sp³-hybridized carbons (Fsp3) is 0.417. The molecule has 0 aliphatic carbocycles. The quantitative estimate of drug-likeness (QED) is 0.590. The average Bonchev–Trinajstić information content (AvgIpc) is 2.72. The zero-order valence-electron chi connectivity index (χ0n) is 18.6. The Balaban J connectivity index is 1.81. The SMILES string of the molecule is CC(C)(C)[N+]1(C(=O)[O-])CC2C[N+](Cc3ccccc3)(C(=O)[O-])CCN2c2ccc(Br)cc21. The molecule has 7 nitrogen and oxygen atoms in total. The number of hydrogen-bond acceptors (Lipinski definition) is 5. The number of nitrogens with zero attached hydrogens (tertiary/aromatic N) is 3. The summed E-state index contributed by atoms with van der Waals surface area (Å²) in [6.45, 7) is 7.32. The summed E-state index contributed by atoms with van der Waals surface area (Å²) in [4.78, 5) is 27.4. The first-order valence-electron chi connectivity index (χ1n) is 10.8. The van der Waals surface area contributed by atoms with E-state index < -0.39 is 17.7 Å². The second-order valence-corrected chi connectivity index (χ2v) is 10.8. The third kappa shape index (κ3) is 3.50. The van der Waals surface area contributed by atoms with Crippen LogP contribution in [0, 0.1) is 0 Å². The Morgan fingerprint density at radius 1 is 1.06 bits per heavy atom. The van der Waals surface area contributed by atoms with E-state index in [1.54, 1.807) is 0 Å². The Kier molecular flexibility index (Phi) is 5.59. The molecule has 2 aliphatic rings. The van der Waals surface area contributed by atoms with Crippen LogP contribution >= 0.6 is 15.9 Å². The maximum absolute atomic E-state index is 12.8. The smallest absolute Gasteiger partial charge is 0.263 e. The van der Waals surface area contributed by atoms with Crippen molar-refractivity contribution in [2.45, 2.75) is 38.9 Å². The lowest BCUT2D eigenvalue weighted by molar-refractivity contribution is -0.892. The number of carboxylic acid groups (broad SMARTS) is 2. The van der Waals surface area contributed by atoms with Crippen molar-refractivity contribution in [2.24, 2.45) is 0 Å². The molecule has 2 aliphatic heterocycles. The van der Waals surface area contributed by atoms with Crippen molar-refractivity contribution in [3.63, 3.8) is 0 Å². The maximum atomic E-state index is 12.8. The Morgan fingerprint density at radius 3 is 2.34 bits per heavy atom. The van der Waals surface area contributed by atoms with E-state index in [-0.39, 0.29) is 28.1 Å². The topological polar surface area (TPSA) is 83.5 Å². The summed E-state index contributed by atoms with van der Waals surface area (Å²) in [5.74, 6) is 0. The first-order chi connectivity index (χ1) is 15.0. The molecule has 0 radical (unpaired) electrons. The second kappa shape index (κ2) is 7.86. The number of hydrogen-bond donors (Lipinski definition) is 0. The largest absolute Gasteiger partial charge is 0.498 e. The summed E-state index contributed by atoms with van der Waals surface area (Å²) < 4.78 is 0.193. The summed E-state index contributed by atoms with van der Waals surface area (Å²) in [6.07, 6.45) is -2.31. The van der Waals surface area contributed by atoms with Gasteiger partial charge in [0.05, 0.1) is 6.54 Å². The Morgan fingerprint density at radius 2 is 1.75 bits per heavy atom. The van der Waals surface area contributed by atoms with Crippen molar-refractivity contribution < 1.29 is 24.3 Å². The van der Waals surface area contributed by atoms with Crippen LogP contribution in [0.25, 0.3) is 0 Å². The van der Waals surface area contributed by atoms with Crippen molar-refractivity contribution in [1.82, 2.24) is 4.48 Å². The van der Waals surface area contributed by atoms with E-state index in [2.05, 4.69) is 20.8 Å². The van der Waals surface area contributed by atoms with Gasteiger partial charge in [-0.15, -0.1) is 0 Å². The van der Waals surface area contributed by atoms with Crippen molar-refractivity contribution in [3.05, 3.63) is 58.6 Å². The van der Waals surface area contributed by atoms with Gasteiger partial charge < -0.3 is 24.7 Å². The van der Waals surface area contributed by atoms with Gasteiger partial charge in [-0.1, -0.05) is 46.3 Å². The van der Waals surface area contributed by atoms with Gasteiger partial charge in [0, 0.05) is 16.1 Å². The average molecular weight is 502 g/mol. The number of fused-ring (bicyclic) bond motifs is 3. The summed E-state index contributed by atoms with van der Waals surface area (Å²) >= 11 is 3.49. The van der Waals surface area contributed by atoms with E-state index in [4.69, 9.17) is 0 Å². The molecule has 1 fully saturated rings. The number of carbonyl (C=O) groups excluding carboxylic acids is 2. The molecular weight excluding hydrogens is 474 g/mol. The van der Waals surface area contributed by atoms with Gasteiger partial charge in [0.15, 0.2) is 5.69 Å². The van der Waals surface area contributed by atoms with Crippen molar-refractivity contribution >= 4 is 39.5 Å². The number of anilines is 1. The zero-order valence-corrected chi connectivity index (χ0v) is 20.2. The molecule has 1 saturated heterocycles. The van der Waals surface area contributed by atoms with E-state index in [9.17, 15) is 19.8 Å². The first kappa shape index (κ1) is 22.8. The minimum Gasteiger partial charge on any atom is -0.498 e. The molecule has 0 N–H and O–H groups in total. The predicted octanol–water partition coefficient (Wildman–Crippen LogP) is 2.46. The minimum atomic E-state index is -1.18. The third-order valence-electron chi connectivity index (χ3n) is 7.08. The van der Waals surface area contributed by atoms with Crippen LogP contribution in [0.15, 0.2) is 53.0 Å². The Hall–Kier alpha value is -2.42. The van der Waals surface area contributed by atoms with Crippen molar-refractivity contribution in [1.29, 1.82) is 0 Å². The van der Waals surface area contributed by atoms with E-state index in [0.717, 1.165) is 15.7 Å². The van der Waals surface area contributed by atoms with Crippen LogP contribution in [0.2, 0.25) is 0 Å². The standard InChI is InChI=1S/C24H28BrN3O4/c1-24(2,3)28(23(31)32)16-19-15-27(22(29)30,14-17-7-5-4-6-8-17)12-11-26(19)20-10-9-18(25)13-21(20)28/h4-10,13,19H,11-12,14-16H2,1-3H3. The zero-order chi connectivity index (χ0) is 23.3. The highest BCUT2D eigenvalue weighted by atomic mass is 79.9. The number of carbonyl (C=O) groups is 2. The molecule has 0 aromatic heterocycles. The van der Waals surface area contributed by atoms with Gasteiger partial charge in [-0.2, -0.15) is 0 Å². The molecule has 32 heavy (non-hydrogen) atoms. The summed E-state index contributed by atoms with van der Waals surface area (Å²) in [5, 5.41) is 25.2. The molecule has 0 spiro atoms. The first-order valence-corrected chi connectivity index (χ1v) is 11.6. The van der Waals surface area contributed by atoms with E-state index >= 15 is 0 Å². The predicted molar refractivity (Wildman–Crippen MR) is 123 cm³/mol. The van der Waals surface area contributed by atoms with Gasteiger partial charge in [-0.05, 0) is 32.9 Å². The Bertz CT molecular complexity index is 1050. The monoisotopic (exact) mass is 501 g/mol. The van der Waals surface area contributed by atoms with Crippen LogP contribution in [-0.2, 0) is 6.54 Å². The Labute approximate surface area is 196 Å². The molecule has 8 heteroatoms. The molecule has 0 saturated carbocycles. The highest BCUT2D eigenvalue weighted by molar-refractivity contribution is 9.10. The normalized spacial score (nSPS) is 27.4. The van der Waals surface area contributed by atoms with Crippen LogP contribution in [0.4, 0.5) is 21.0 Å². The molecule has 170 valence electrons. The van der Waals surface area contributed by atoms with Gasteiger partial charge in [0.1, 0.15) is 43.4 Å². The van der Waals surface area contributed by atoms with Crippen molar-refractivity contribution in [3.8, 4) is 0 Å². The van der Waals surface area contributed by atoms with E-state index in [0.29, 0.717) is 25.3 Å². The lowest BCUT2D eigenvalue weighted by Gasteiger charge is -2.58. The highest BCUT2D eigenvalue weighted by Gasteiger charge is 2.56. The summed E-state index contributed by atoms with van der Waals surface area (Å²) in [5.41, 5.74) is 1.70. The molecule has 2 amide bonds. The number of halogens is 1. The fourth-order valence-corrected chi connectivity index (χ4v) is 5.75. The lowest BCUT2D eigenvalue weighted by Crippen LogP contribution is -2.78. The molecule has 4 rings (SSSR count). The minimum absolute atomic E-state index is 0.220. The highest BCUT2D eigenvalue weighted by Crippen LogP contribution is 2.47. The number of quaternary nitrogens is 2. The molecule has 3 atom stereocenters. The fourth-order valence-electron chi connectivity index (χ4n) is 5.40. The van der Waals surface area contributed by atoms with Crippen LogP contribution in [-0.4, -0.2) is 54.4 Å². The molecule has 0 bridgehead atoms. The molecule has 2 aromatic rings. The van der Waals surface area contributed by atoms with Gasteiger partial charge in [-0.25, -0.2) is 4.48 Å². The second-order valence-electron chi connectivity index (χ2n) is 9.87. The number of amides is 2. The van der Waals surface area contributed by atoms with Crippen LogP contribution in [0.3, 0.4) is 0 Å². The van der Waals surface area contributed by atoms with Crippen LogP contribution in [0.5, 0.6) is 0 Å². The maximum Gasteiger partial charge on any atom is 0.263 e. The molecular formula is C24H28BrN3O4. The number of benzene rings is 2. The van der Waals surface area contributed by atoms with Gasteiger partial charge in [-0.3, -0.25) is 4.48 Å². The van der Waals surface area contributed by atoms with E-state index in [1.807, 2.05) is 69.3 Å². The van der Waals surface area contributed by atoms with Crippen LogP contribution in [0.1, 0.15) is 26.3 Å². The van der Waals surface area contributed by atoms with Crippen molar-refractivity contribution in [2.75, 3.05) is 31.1 Å². The summed E-state index contributed by atoms with van der Waals surface area (Å²) in [7, 11) is 0. The van der Waals surface area contributed by atoms with E-state index in [1.165, 1.54) is 0 Å².